The van der Waals surface area contributed by atoms with Gasteiger partial charge in [0.05, 0.1) is 22.3 Å². The van der Waals surface area contributed by atoms with E-state index in [-0.39, 0.29) is 28.4 Å². The normalized spacial score (nSPS) is 13.9. The highest BCUT2D eigenvalue weighted by molar-refractivity contribution is 6.12. The van der Waals surface area contributed by atoms with Crippen molar-refractivity contribution in [2.24, 2.45) is 5.92 Å². The van der Waals surface area contributed by atoms with Gasteiger partial charge in [0.15, 0.2) is 5.65 Å². The Morgan fingerprint density at radius 2 is 1.82 bits per heavy atom. The highest BCUT2D eigenvalue weighted by Gasteiger charge is 2.22. The summed E-state index contributed by atoms with van der Waals surface area (Å²) >= 11 is 0. The molecule has 3 aromatic rings. The van der Waals surface area contributed by atoms with Crippen LogP contribution in [0.15, 0.2) is 39.9 Å². The van der Waals surface area contributed by atoms with Crippen molar-refractivity contribution < 1.29 is 4.79 Å². The van der Waals surface area contributed by atoms with Crippen LogP contribution >= 0.6 is 0 Å². The fourth-order valence-corrected chi connectivity index (χ4v) is 4.31. The van der Waals surface area contributed by atoms with Crippen molar-refractivity contribution in [2.75, 3.05) is 23.3 Å². The van der Waals surface area contributed by atoms with Crippen LogP contribution in [-0.4, -0.2) is 33.5 Å². The zero-order valence-electron chi connectivity index (χ0n) is 19.6. The largest absolute Gasteiger partial charge is 0.370 e. The van der Waals surface area contributed by atoms with E-state index >= 15 is 0 Å². The highest BCUT2D eigenvalue weighted by atomic mass is 16.2. The Kier molecular flexibility index (Phi) is 6.35. The molecule has 1 saturated heterocycles. The average Bonchev–Trinajstić information content (AvgIpc) is 3.30. The minimum atomic E-state index is -0.601. The van der Waals surface area contributed by atoms with Crippen LogP contribution in [0.4, 0.5) is 11.4 Å². The summed E-state index contributed by atoms with van der Waals surface area (Å²) in [5, 5.41) is 3.15. The molecular formula is C25H31N5O3. The van der Waals surface area contributed by atoms with Gasteiger partial charge in [0, 0.05) is 25.3 Å². The second-order valence-electron chi connectivity index (χ2n) is 9.38. The minimum Gasteiger partial charge on any atom is -0.370 e. The molecule has 1 aliphatic heterocycles. The van der Waals surface area contributed by atoms with Crippen molar-refractivity contribution >= 4 is 28.3 Å². The molecule has 0 bridgehead atoms. The predicted molar refractivity (Wildman–Crippen MR) is 131 cm³/mol. The van der Waals surface area contributed by atoms with Gasteiger partial charge in [-0.2, -0.15) is 0 Å². The summed E-state index contributed by atoms with van der Waals surface area (Å²) < 4.78 is 1.46. The van der Waals surface area contributed by atoms with Gasteiger partial charge >= 0.3 is 5.69 Å². The number of pyridine rings is 1. The molecule has 4 rings (SSSR count). The van der Waals surface area contributed by atoms with Crippen LogP contribution in [0.2, 0.25) is 0 Å². The van der Waals surface area contributed by atoms with Crippen molar-refractivity contribution in [2.45, 2.75) is 53.0 Å². The fraction of sp³-hybridized carbons (Fsp3) is 0.440. The first-order chi connectivity index (χ1) is 15.8. The van der Waals surface area contributed by atoms with Gasteiger partial charge < -0.3 is 10.2 Å². The second kappa shape index (κ2) is 9.21. The molecule has 33 heavy (non-hydrogen) atoms. The number of aromatic amines is 1. The predicted octanol–water partition coefficient (Wildman–Crippen LogP) is 3.72. The summed E-state index contributed by atoms with van der Waals surface area (Å²) in [4.78, 5) is 48.3. The SMILES string of the molecule is CC(C)Cn1c(=O)[nH]c(=O)c2c(C(=O)Nc3ccccc3N3CCCC3)cc(C(C)C)nc21. The number of anilines is 2. The maximum atomic E-state index is 13.5. The first-order valence-corrected chi connectivity index (χ1v) is 11.6. The summed E-state index contributed by atoms with van der Waals surface area (Å²) in [7, 11) is 0. The Balaban J connectivity index is 1.86. The molecule has 0 saturated carbocycles. The van der Waals surface area contributed by atoms with Crippen molar-refractivity contribution in [1.29, 1.82) is 0 Å². The molecule has 1 aliphatic rings. The van der Waals surface area contributed by atoms with E-state index in [1.165, 1.54) is 4.57 Å². The second-order valence-corrected chi connectivity index (χ2v) is 9.38. The minimum absolute atomic E-state index is 0.0136. The Bertz CT molecular complexity index is 1300. The Hall–Kier alpha value is -3.42. The summed E-state index contributed by atoms with van der Waals surface area (Å²) in [5.41, 5.74) is 1.68. The zero-order valence-corrected chi connectivity index (χ0v) is 19.6. The summed E-state index contributed by atoms with van der Waals surface area (Å²) in [6, 6.07) is 9.37. The lowest BCUT2D eigenvalue weighted by molar-refractivity contribution is 0.102. The van der Waals surface area contributed by atoms with Gasteiger partial charge in [0.2, 0.25) is 0 Å². The lowest BCUT2D eigenvalue weighted by Gasteiger charge is -2.22. The average molecular weight is 450 g/mol. The Morgan fingerprint density at radius 1 is 1.12 bits per heavy atom. The van der Waals surface area contributed by atoms with Gasteiger partial charge in [-0.05, 0) is 42.9 Å². The molecule has 1 aromatic carbocycles. The van der Waals surface area contributed by atoms with E-state index in [1.807, 2.05) is 52.0 Å². The lowest BCUT2D eigenvalue weighted by Crippen LogP contribution is -2.33. The van der Waals surface area contributed by atoms with E-state index in [4.69, 9.17) is 0 Å². The van der Waals surface area contributed by atoms with E-state index in [0.29, 0.717) is 17.9 Å². The molecule has 0 radical (unpaired) electrons. The molecule has 3 heterocycles. The topological polar surface area (TPSA) is 100 Å². The Morgan fingerprint density at radius 3 is 2.48 bits per heavy atom. The number of carbonyl (C=O) groups is 1. The van der Waals surface area contributed by atoms with E-state index in [0.717, 1.165) is 31.6 Å². The third-order valence-electron chi connectivity index (χ3n) is 5.95. The molecule has 2 N–H and O–H groups in total. The number of amides is 1. The number of H-pyrrole nitrogens is 1. The van der Waals surface area contributed by atoms with Crippen molar-refractivity contribution in [1.82, 2.24) is 14.5 Å². The number of fused-ring (bicyclic) bond motifs is 1. The van der Waals surface area contributed by atoms with E-state index in [1.54, 1.807) is 6.07 Å². The third kappa shape index (κ3) is 4.55. The fourth-order valence-electron chi connectivity index (χ4n) is 4.31. The lowest BCUT2D eigenvalue weighted by atomic mass is 10.0. The molecule has 0 atom stereocenters. The van der Waals surface area contributed by atoms with Gasteiger partial charge in [-0.15, -0.1) is 0 Å². The van der Waals surface area contributed by atoms with Gasteiger partial charge in [-0.25, -0.2) is 9.78 Å². The first-order valence-electron chi connectivity index (χ1n) is 11.6. The van der Waals surface area contributed by atoms with Crippen molar-refractivity contribution in [3.63, 3.8) is 0 Å². The zero-order chi connectivity index (χ0) is 23.7. The van der Waals surface area contributed by atoms with Gasteiger partial charge in [-0.1, -0.05) is 39.8 Å². The molecule has 2 aromatic heterocycles. The van der Waals surface area contributed by atoms with Crippen LogP contribution in [0, 0.1) is 5.92 Å². The maximum absolute atomic E-state index is 13.5. The monoisotopic (exact) mass is 449 g/mol. The number of para-hydroxylation sites is 2. The summed E-state index contributed by atoms with van der Waals surface area (Å²) in [5.74, 6) is -0.221. The molecule has 0 aliphatic carbocycles. The Labute approximate surface area is 192 Å². The van der Waals surface area contributed by atoms with Crippen LogP contribution in [0.1, 0.15) is 62.5 Å². The van der Waals surface area contributed by atoms with Crippen LogP contribution in [-0.2, 0) is 6.54 Å². The quantitative estimate of drug-likeness (QED) is 0.597. The molecule has 8 heteroatoms. The number of nitrogens with zero attached hydrogens (tertiary/aromatic N) is 3. The van der Waals surface area contributed by atoms with Gasteiger partial charge in [0.1, 0.15) is 0 Å². The van der Waals surface area contributed by atoms with Crippen LogP contribution in [0.3, 0.4) is 0 Å². The summed E-state index contributed by atoms with van der Waals surface area (Å²) in [6.45, 7) is 10.2. The molecular weight excluding hydrogens is 418 g/mol. The van der Waals surface area contributed by atoms with E-state index < -0.39 is 17.2 Å². The molecule has 8 nitrogen and oxygen atoms in total. The van der Waals surface area contributed by atoms with Crippen LogP contribution in [0.5, 0.6) is 0 Å². The van der Waals surface area contributed by atoms with Crippen molar-refractivity contribution in [3.8, 4) is 0 Å². The van der Waals surface area contributed by atoms with E-state index in [2.05, 4.69) is 20.2 Å². The maximum Gasteiger partial charge on any atom is 0.330 e. The number of benzene rings is 1. The summed E-state index contributed by atoms with van der Waals surface area (Å²) in [6.07, 6.45) is 2.25. The highest BCUT2D eigenvalue weighted by Crippen LogP contribution is 2.29. The molecule has 1 amide bonds. The number of nitrogens with one attached hydrogen (secondary N) is 2. The van der Waals surface area contributed by atoms with Gasteiger partial charge in [0.25, 0.3) is 11.5 Å². The smallest absolute Gasteiger partial charge is 0.330 e. The first kappa shape index (κ1) is 22.8. The van der Waals surface area contributed by atoms with Gasteiger partial charge in [-0.3, -0.25) is 19.1 Å². The number of rotatable bonds is 6. The van der Waals surface area contributed by atoms with Crippen LogP contribution in [0.25, 0.3) is 11.0 Å². The third-order valence-corrected chi connectivity index (χ3v) is 5.95. The van der Waals surface area contributed by atoms with Crippen molar-refractivity contribution in [3.05, 3.63) is 62.4 Å². The number of aromatic nitrogens is 3. The molecule has 0 unspecified atom stereocenters. The standard InChI is InChI=1S/C25H31N5O3/c1-15(2)14-30-22-21(24(32)28-25(30)33)17(13-19(26-22)16(3)4)23(31)27-18-9-5-6-10-20(18)29-11-7-8-12-29/h5-6,9-10,13,15-16H,7-8,11-12,14H2,1-4H3,(H,27,31)(H,28,32,33). The number of carbonyl (C=O) groups excluding carboxylic acids is 1. The van der Waals surface area contributed by atoms with E-state index in [9.17, 15) is 14.4 Å². The number of hydrogen-bond acceptors (Lipinski definition) is 5. The molecule has 1 fully saturated rings. The number of hydrogen-bond donors (Lipinski definition) is 2. The molecule has 174 valence electrons. The molecule has 0 spiro atoms. The van der Waals surface area contributed by atoms with Crippen LogP contribution < -0.4 is 21.5 Å².